The molecular formula is C12H9ClO2S2. The first-order valence-corrected chi connectivity index (χ1v) is 7.46. The second-order valence-electron chi connectivity index (χ2n) is 3.32. The molecule has 1 atom stereocenters. The van der Waals surface area contributed by atoms with Crippen LogP contribution >= 0.6 is 22.9 Å². The van der Waals surface area contributed by atoms with E-state index in [0.717, 1.165) is 0 Å². The van der Waals surface area contributed by atoms with E-state index in [9.17, 15) is 9.00 Å². The van der Waals surface area contributed by atoms with E-state index >= 15 is 0 Å². The highest BCUT2D eigenvalue weighted by Crippen LogP contribution is 2.18. The van der Waals surface area contributed by atoms with Gasteiger partial charge in [0, 0.05) is 5.56 Å². The number of hydrogen-bond donors (Lipinski definition) is 0. The lowest BCUT2D eigenvalue weighted by Crippen LogP contribution is -2.10. The monoisotopic (exact) mass is 284 g/mol. The number of carbonyl (C=O) groups excluding carboxylic acids is 1. The lowest BCUT2D eigenvalue weighted by atomic mass is 10.1. The number of halogens is 1. The molecule has 0 radical (unpaired) electrons. The number of ketones is 1. The van der Waals surface area contributed by atoms with Crippen LogP contribution in [0.25, 0.3) is 0 Å². The summed E-state index contributed by atoms with van der Waals surface area (Å²) in [6, 6.07) is 10.4. The van der Waals surface area contributed by atoms with Crippen LogP contribution in [0, 0.1) is 0 Å². The fraction of sp³-hybridized carbons (Fsp3) is 0.0833. The summed E-state index contributed by atoms with van der Waals surface area (Å²) in [6.45, 7) is 0. The van der Waals surface area contributed by atoms with Crippen LogP contribution in [-0.4, -0.2) is 15.7 Å². The molecule has 2 aromatic rings. The van der Waals surface area contributed by atoms with Crippen molar-refractivity contribution in [2.75, 3.05) is 5.75 Å². The molecule has 1 unspecified atom stereocenters. The van der Waals surface area contributed by atoms with Crippen LogP contribution in [-0.2, 0) is 10.8 Å². The van der Waals surface area contributed by atoms with Gasteiger partial charge in [-0.25, -0.2) is 0 Å². The Morgan fingerprint density at radius 3 is 2.65 bits per heavy atom. The normalized spacial score (nSPS) is 12.3. The Labute approximate surface area is 111 Å². The van der Waals surface area contributed by atoms with Crippen LogP contribution in [0.2, 0.25) is 5.02 Å². The zero-order chi connectivity index (χ0) is 12.3. The fourth-order valence-electron chi connectivity index (χ4n) is 1.35. The molecule has 2 nitrogen and oxygen atoms in total. The summed E-state index contributed by atoms with van der Waals surface area (Å²) in [6.07, 6.45) is 0. The average molecular weight is 285 g/mol. The summed E-state index contributed by atoms with van der Waals surface area (Å²) < 4.78 is 12.6. The van der Waals surface area contributed by atoms with Gasteiger partial charge in [-0.05, 0) is 23.6 Å². The van der Waals surface area contributed by atoms with Gasteiger partial charge < -0.3 is 0 Å². The maximum absolute atomic E-state index is 11.9. The molecule has 17 heavy (non-hydrogen) atoms. The Bertz CT molecular complexity index is 549. The molecule has 0 bridgehead atoms. The van der Waals surface area contributed by atoms with Crippen molar-refractivity contribution >= 4 is 39.5 Å². The van der Waals surface area contributed by atoms with Gasteiger partial charge in [0.15, 0.2) is 5.78 Å². The van der Waals surface area contributed by atoms with Crippen molar-refractivity contribution in [3.05, 3.63) is 52.4 Å². The van der Waals surface area contributed by atoms with Crippen LogP contribution in [0.1, 0.15) is 10.4 Å². The van der Waals surface area contributed by atoms with E-state index in [-0.39, 0.29) is 11.5 Å². The first kappa shape index (κ1) is 12.5. The molecular weight excluding hydrogens is 276 g/mol. The summed E-state index contributed by atoms with van der Waals surface area (Å²) in [5.41, 5.74) is 0.430. The third-order valence-corrected chi connectivity index (χ3v) is 5.10. The SMILES string of the molecule is O=C(CS(=O)c1cccs1)c1ccccc1Cl. The third-order valence-electron chi connectivity index (χ3n) is 2.16. The Hall–Kier alpha value is -0.970. The minimum absolute atomic E-state index is 0.0236. The fourth-order valence-corrected chi connectivity index (χ4v) is 3.58. The summed E-state index contributed by atoms with van der Waals surface area (Å²) in [7, 11) is -1.28. The van der Waals surface area contributed by atoms with E-state index < -0.39 is 10.8 Å². The molecule has 1 aromatic carbocycles. The van der Waals surface area contributed by atoms with Crippen molar-refractivity contribution in [3.63, 3.8) is 0 Å². The Morgan fingerprint density at radius 2 is 2.00 bits per heavy atom. The molecule has 0 amide bonds. The Kier molecular flexibility index (Phi) is 4.10. The highest BCUT2D eigenvalue weighted by Gasteiger charge is 2.15. The lowest BCUT2D eigenvalue weighted by molar-refractivity contribution is 0.102. The molecule has 0 spiro atoms. The lowest BCUT2D eigenvalue weighted by Gasteiger charge is -2.02. The Morgan fingerprint density at radius 1 is 1.24 bits per heavy atom. The predicted octanol–water partition coefficient (Wildman–Crippen LogP) is 3.39. The van der Waals surface area contributed by atoms with Crippen molar-refractivity contribution in [2.24, 2.45) is 0 Å². The molecule has 1 aromatic heterocycles. The standard InChI is InChI=1S/C12H9ClO2S2/c13-10-5-2-1-4-9(10)11(14)8-17(15)12-6-3-7-16-12/h1-7H,8H2. The highest BCUT2D eigenvalue weighted by atomic mass is 35.5. The molecule has 5 heteroatoms. The van der Waals surface area contributed by atoms with Crippen molar-refractivity contribution in [2.45, 2.75) is 4.21 Å². The molecule has 0 aliphatic rings. The van der Waals surface area contributed by atoms with Crippen LogP contribution in [0.4, 0.5) is 0 Å². The summed E-state index contributed by atoms with van der Waals surface area (Å²) in [4.78, 5) is 11.9. The maximum atomic E-state index is 11.9. The van der Waals surface area contributed by atoms with E-state index in [4.69, 9.17) is 11.6 Å². The molecule has 2 rings (SSSR count). The van der Waals surface area contributed by atoms with Crippen molar-refractivity contribution in [1.82, 2.24) is 0 Å². The summed E-state index contributed by atoms with van der Waals surface area (Å²) >= 11 is 7.30. The van der Waals surface area contributed by atoms with Crippen LogP contribution in [0.3, 0.4) is 0 Å². The largest absolute Gasteiger partial charge is 0.293 e. The quantitative estimate of drug-likeness (QED) is 0.807. The molecule has 0 saturated heterocycles. The van der Waals surface area contributed by atoms with E-state index in [1.807, 2.05) is 11.4 Å². The molecule has 0 aliphatic carbocycles. The number of hydrogen-bond acceptors (Lipinski definition) is 3. The van der Waals surface area contributed by atoms with E-state index in [0.29, 0.717) is 14.8 Å². The van der Waals surface area contributed by atoms with Crippen molar-refractivity contribution in [1.29, 1.82) is 0 Å². The van der Waals surface area contributed by atoms with Gasteiger partial charge in [-0.2, -0.15) is 0 Å². The minimum atomic E-state index is -1.28. The third kappa shape index (κ3) is 3.03. The van der Waals surface area contributed by atoms with E-state index in [2.05, 4.69) is 0 Å². The van der Waals surface area contributed by atoms with Crippen LogP contribution in [0.5, 0.6) is 0 Å². The first-order valence-electron chi connectivity index (χ1n) is 4.88. The van der Waals surface area contributed by atoms with E-state index in [1.165, 1.54) is 11.3 Å². The number of thiophene rings is 1. The molecule has 0 saturated carbocycles. The van der Waals surface area contributed by atoms with Gasteiger partial charge in [-0.15, -0.1) is 11.3 Å². The molecule has 1 heterocycles. The second-order valence-corrected chi connectivity index (χ2v) is 6.36. The molecule has 88 valence electrons. The highest BCUT2D eigenvalue weighted by molar-refractivity contribution is 7.88. The van der Waals surface area contributed by atoms with Gasteiger partial charge in [-0.1, -0.05) is 29.8 Å². The summed E-state index contributed by atoms with van der Waals surface area (Å²) in [5, 5.41) is 2.24. The van der Waals surface area contributed by atoms with Gasteiger partial charge in [0.05, 0.1) is 25.8 Å². The zero-order valence-corrected chi connectivity index (χ0v) is 11.1. The van der Waals surface area contributed by atoms with E-state index in [1.54, 1.807) is 30.3 Å². The molecule has 0 fully saturated rings. The van der Waals surface area contributed by atoms with Gasteiger partial charge in [0.25, 0.3) is 0 Å². The average Bonchev–Trinajstić information content (AvgIpc) is 2.82. The van der Waals surface area contributed by atoms with Crippen LogP contribution in [0.15, 0.2) is 46.0 Å². The smallest absolute Gasteiger partial charge is 0.177 e. The first-order chi connectivity index (χ1) is 8.18. The number of carbonyl (C=O) groups is 1. The minimum Gasteiger partial charge on any atom is -0.293 e. The van der Waals surface area contributed by atoms with Crippen molar-refractivity contribution < 1.29 is 9.00 Å². The second kappa shape index (κ2) is 5.58. The number of Topliss-reactive ketones (excluding diaryl/α,β-unsaturated/α-hetero) is 1. The van der Waals surface area contributed by atoms with Gasteiger partial charge >= 0.3 is 0 Å². The topological polar surface area (TPSA) is 34.1 Å². The van der Waals surface area contributed by atoms with Gasteiger partial charge in [0.1, 0.15) is 0 Å². The predicted molar refractivity (Wildman–Crippen MR) is 71.4 cm³/mol. The van der Waals surface area contributed by atoms with Gasteiger partial charge in [0.2, 0.25) is 0 Å². The zero-order valence-electron chi connectivity index (χ0n) is 8.76. The number of rotatable bonds is 4. The molecule has 0 N–H and O–H groups in total. The van der Waals surface area contributed by atoms with Gasteiger partial charge in [-0.3, -0.25) is 9.00 Å². The van der Waals surface area contributed by atoms with Crippen LogP contribution < -0.4 is 0 Å². The molecule has 0 aliphatic heterocycles. The summed E-state index contributed by atoms with van der Waals surface area (Å²) in [5.74, 6) is -0.216. The Balaban J connectivity index is 2.13. The maximum Gasteiger partial charge on any atom is 0.177 e. The van der Waals surface area contributed by atoms with Crippen molar-refractivity contribution in [3.8, 4) is 0 Å². The number of benzene rings is 1.